The molecule has 3 atom stereocenters. The minimum Gasteiger partial charge on any atom is -0.377 e. The third-order valence-electron chi connectivity index (χ3n) is 7.01. The maximum Gasteiger partial charge on any atom is 0.254 e. The van der Waals surface area contributed by atoms with Gasteiger partial charge in [-0.05, 0) is 49.9 Å². The standard InChI is InChI=1S/C22H25ClN6O2/c23-15-1-3-16(4-2-15)26-21-18(20(25)30)11-29(27-21)19-6-5-17(9-14(19)10-24)28-8-7-22(28)12-31-13-22/h1-4,11,14,17,19H,5-9,12-13H2,(H2,25,30)(H,26,27)/t14-,17+,19+/m1/s1. The molecule has 2 saturated heterocycles. The highest BCUT2D eigenvalue weighted by atomic mass is 35.5. The number of primary amides is 1. The summed E-state index contributed by atoms with van der Waals surface area (Å²) in [5.41, 5.74) is 6.89. The number of halogens is 1. The third-order valence-corrected chi connectivity index (χ3v) is 7.26. The Hall–Kier alpha value is -2.60. The first-order valence-corrected chi connectivity index (χ1v) is 11.0. The number of carbonyl (C=O) groups is 1. The number of nitrogens with two attached hydrogens (primary N) is 1. The predicted octanol–water partition coefficient (Wildman–Crippen LogP) is 3.09. The van der Waals surface area contributed by atoms with Crippen LogP contribution in [0.15, 0.2) is 30.5 Å². The van der Waals surface area contributed by atoms with Crippen LogP contribution in [0.3, 0.4) is 0 Å². The Labute approximate surface area is 185 Å². The minimum atomic E-state index is -0.558. The topological polar surface area (TPSA) is 109 Å². The summed E-state index contributed by atoms with van der Waals surface area (Å²) in [7, 11) is 0. The summed E-state index contributed by atoms with van der Waals surface area (Å²) >= 11 is 5.95. The summed E-state index contributed by atoms with van der Waals surface area (Å²) < 4.78 is 7.21. The zero-order chi connectivity index (χ0) is 21.6. The molecule has 1 aromatic carbocycles. The van der Waals surface area contributed by atoms with Crippen molar-refractivity contribution in [1.29, 1.82) is 5.26 Å². The summed E-state index contributed by atoms with van der Waals surface area (Å²) in [6.45, 7) is 2.70. The fourth-order valence-corrected chi connectivity index (χ4v) is 5.28. The van der Waals surface area contributed by atoms with Crippen molar-refractivity contribution in [3.05, 3.63) is 41.0 Å². The van der Waals surface area contributed by atoms with Gasteiger partial charge in [-0.15, -0.1) is 0 Å². The number of ether oxygens (including phenoxy) is 1. The normalized spacial score (nSPS) is 27.2. The number of hydrogen-bond acceptors (Lipinski definition) is 6. The second kappa shape index (κ2) is 7.83. The summed E-state index contributed by atoms with van der Waals surface area (Å²) in [5, 5.41) is 18.3. The van der Waals surface area contributed by atoms with Crippen molar-refractivity contribution in [1.82, 2.24) is 14.7 Å². The Morgan fingerprint density at radius 1 is 1.32 bits per heavy atom. The first-order chi connectivity index (χ1) is 15.0. The number of hydrogen-bond donors (Lipinski definition) is 2. The number of aromatic nitrogens is 2. The average Bonchev–Trinajstić information content (AvgIpc) is 3.11. The van der Waals surface area contributed by atoms with Gasteiger partial charge < -0.3 is 15.8 Å². The Morgan fingerprint density at radius 3 is 2.68 bits per heavy atom. The van der Waals surface area contributed by atoms with E-state index in [0.29, 0.717) is 22.4 Å². The Bertz CT molecular complexity index is 1020. The van der Waals surface area contributed by atoms with Crippen LogP contribution in [0.1, 0.15) is 42.1 Å². The molecule has 1 saturated carbocycles. The molecule has 0 unspecified atom stereocenters. The predicted molar refractivity (Wildman–Crippen MR) is 116 cm³/mol. The van der Waals surface area contributed by atoms with E-state index in [1.54, 1.807) is 23.0 Å². The van der Waals surface area contributed by atoms with E-state index in [0.717, 1.165) is 44.7 Å². The van der Waals surface area contributed by atoms with Crippen LogP contribution in [0.2, 0.25) is 5.02 Å². The maximum atomic E-state index is 12.0. The van der Waals surface area contributed by atoms with E-state index in [2.05, 4.69) is 21.4 Å². The van der Waals surface area contributed by atoms with Gasteiger partial charge in [0.25, 0.3) is 5.91 Å². The van der Waals surface area contributed by atoms with Crippen molar-refractivity contribution >= 4 is 29.0 Å². The molecule has 1 spiro atoms. The zero-order valence-electron chi connectivity index (χ0n) is 17.1. The van der Waals surface area contributed by atoms with E-state index >= 15 is 0 Å². The van der Waals surface area contributed by atoms with Crippen molar-refractivity contribution in [2.75, 3.05) is 25.1 Å². The molecule has 3 heterocycles. The van der Waals surface area contributed by atoms with E-state index in [9.17, 15) is 10.1 Å². The summed E-state index contributed by atoms with van der Waals surface area (Å²) in [5.74, 6) is -0.347. The van der Waals surface area contributed by atoms with E-state index in [-0.39, 0.29) is 17.5 Å². The number of anilines is 2. The quantitative estimate of drug-likeness (QED) is 0.739. The van der Waals surface area contributed by atoms with Crippen molar-refractivity contribution < 1.29 is 9.53 Å². The molecule has 0 bridgehead atoms. The number of rotatable bonds is 5. The number of nitriles is 1. The van der Waals surface area contributed by atoms with Crippen LogP contribution in [0.5, 0.6) is 0 Å². The molecule has 1 aromatic heterocycles. The van der Waals surface area contributed by atoms with Gasteiger partial charge in [-0.3, -0.25) is 14.4 Å². The van der Waals surface area contributed by atoms with Gasteiger partial charge in [0.1, 0.15) is 5.56 Å². The smallest absolute Gasteiger partial charge is 0.254 e. The number of benzene rings is 1. The van der Waals surface area contributed by atoms with Gasteiger partial charge in [-0.2, -0.15) is 10.4 Å². The molecule has 2 aliphatic heterocycles. The minimum absolute atomic E-state index is 0.0880. The molecule has 2 aromatic rings. The molecule has 3 aliphatic rings. The van der Waals surface area contributed by atoms with Crippen molar-refractivity contribution in [3.8, 4) is 6.07 Å². The third kappa shape index (κ3) is 3.57. The SMILES string of the molecule is N#C[C@H]1C[C@@H](N2CCC23COC3)CC[C@@H]1n1cc(C(N)=O)c(Nc2ccc(Cl)cc2)n1. The van der Waals surface area contributed by atoms with Crippen molar-refractivity contribution in [3.63, 3.8) is 0 Å². The highest BCUT2D eigenvalue weighted by Crippen LogP contribution is 2.45. The van der Waals surface area contributed by atoms with Gasteiger partial charge in [0, 0.05) is 29.5 Å². The van der Waals surface area contributed by atoms with Crippen LogP contribution in [0.4, 0.5) is 11.5 Å². The van der Waals surface area contributed by atoms with Gasteiger partial charge >= 0.3 is 0 Å². The molecule has 1 amide bonds. The molecule has 9 heteroatoms. The Balaban J connectivity index is 1.35. The van der Waals surface area contributed by atoms with E-state index in [1.807, 2.05) is 12.1 Å². The van der Waals surface area contributed by atoms with Crippen molar-refractivity contribution in [2.45, 2.75) is 43.3 Å². The molecule has 3 N–H and O–H groups in total. The molecular formula is C22H25ClN6O2. The fourth-order valence-electron chi connectivity index (χ4n) is 5.15. The lowest BCUT2D eigenvalue weighted by Crippen LogP contribution is -2.73. The molecule has 8 nitrogen and oxygen atoms in total. The number of amides is 1. The first-order valence-electron chi connectivity index (χ1n) is 10.6. The molecule has 3 fully saturated rings. The number of carbonyl (C=O) groups excluding carboxylic acids is 1. The van der Waals surface area contributed by atoms with Crippen LogP contribution in [0, 0.1) is 17.2 Å². The zero-order valence-corrected chi connectivity index (χ0v) is 17.9. The lowest BCUT2D eigenvalue weighted by atomic mass is 9.75. The largest absolute Gasteiger partial charge is 0.377 e. The lowest BCUT2D eigenvalue weighted by Gasteiger charge is -2.61. The van der Waals surface area contributed by atoms with Crippen LogP contribution < -0.4 is 11.1 Å². The van der Waals surface area contributed by atoms with E-state index < -0.39 is 5.91 Å². The monoisotopic (exact) mass is 440 g/mol. The fraction of sp³-hybridized carbons (Fsp3) is 0.500. The summed E-state index contributed by atoms with van der Waals surface area (Å²) in [4.78, 5) is 14.6. The molecule has 5 rings (SSSR count). The van der Waals surface area contributed by atoms with Crippen LogP contribution >= 0.6 is 11.6 Å². The maximum absolute atomic E-state index is 12.0. The Kier molecular flexibility index (Phi) is 5.13. The van der Waals surface area contributed by atoms with Gasteiger partial charge in [-0.25, -0.2) is 0 Å². The number of nitrogens with zero attached hydrogens (tertiary/aromatic N) is 4. The molecule has 0 radical (unpaired) electrons. The van der Waals surface area contributed by atoms with Gasteiger partial charge in [-0.1, -0.05) is 11.6 Å². The summed E-state index contributed by atoms with van der Waals surface area (Å²) in [6, 6.07) is 9.94. The van der Waals surface area contributed by atoms with E-state index in [1.165, 1.54) is 6.42 Å². The van der Waals surface area contributed by atoms with Crippen molar-refractivity contribution in [2.24, 2.45) is 11.7 Å². The second-order valence-electron chi connectivity index (χ2n) is 8.80. The number of likely N-dealkylation sites (tertiary alicyclic amines) is 1. The lowest BCUT2D eigenvalue weighted by molar-refractivity contribution is -0.211. The molecular weight excluding hydrogens is 416 g/mol. The van der Waals surface area contributed by atoms with Gasteiger partial charge in [0.05, 0.1) is 36.8 Å². The average molecular weight is 441 g/mol. The van der Waals surface area contributed by atoms with Gasteiger partial charge in [0.2, 0.25) is 0 Å². The highest BCUT2D eigenvalue weighted by molar-refractivity contribution is 6.30. The van der Waals surface area contributed by atoms with Gasteiger partial charge in [0.15, 0.2) is 5.82 Å². The first kappa shape index (κ1) is 20.3. The molecule has 1 aliphatic carbocycles. The van der Waals surface area contributed by atoms with E-state index in [4.69, 9.17) is 22.1 Å². The Morgan fingerprint density at radius 2 is 2.10 bits per heavy atom. The number of nitrogens with one attached hydrogen (secondary N) is 1. The second-order valence-corrected chi connectivity index (χ2v) is 9.23. The molecule has 162 valence electrons. The van der Waals surface area contributed by atoms with Crippen LogP contribution in [-0.4, -0.2) is 51.9 Å². The highest BCUT2D eigenvalue weighted by Gasteiger charge is 2.54. The van der Waals surface area contributed by atoms with Crippen LogP contribution in [0.25, 0.3) is 0 Å². The van der Waals surface area contributed by atoms with Crippen LogP contribution in [-0.2, 0) is 4.74 Å². The molecule has 31 heavy (non-hydrogen) atoms. The summed E-state index contributed by atoms with van der Waals surface area (Å²) in [6.07, 6.45) is 5.48.